The minimum Gasteiger partial charge on any atom is -0.365 e. The fourth-order valence-electron chi connectivity index (χ4n) is 1.89. The predicted octanol–water partition coefficient (Wildman–Crippen LogP) is 0.0919. The monoisotopic (exact) mass is 281 g/mol. The van der Waals surface area contributed by atoms with Gasteiger partial charge < -0.3 is 11.5 Å². The van der Waals surface area contributed by atoms with Crippen molar-refractivity contribution in [1.82, 2.24) is 0 Å². The molecule has 0 saturated heterocycles. The molecule has 0 spiro atoms. The summed E-state index contributed by atoms with van der Waals surface area (Å²) in [7, 11) is 0. The maximum absolute atomic E-state index is 11.3. The van der Waals surface area contributed by atoms with Gasteiger partial charge in [0.1, 0.15) is 11.1 Å². The van der Waals surface area contributed by atoms with Crippen molar-refractivity contribution in [1.29, 1.82) is 5.26 Å². The fraction of sp³-hybridized carbons (Fsp3) is 0.0667. The number of hydrogen-bond donors (Lipinski definition) is 2. The highest BCUT2D eigenvalue weighted by atomic mass is 16.1. The normalized spacial score (nSPS) is 9.86. The molecule has 4 N–H and O–H groups in total. The lowest BCUT2D eigenvalue weighted by atomic mass is 10.1. The average Bonchev–Trinajstić information content (AvgIpc) is 2.47. The van der Waals surface area contributed by atoms with E-state index in [0.717, 1.165) is 5.56 Å². The summed E-state index contributed by atoms with van der Waals surface area (Å²) in [5.74, 6) is -1.27. The van der Waals surface area contributed by atoms with Crippen LogP contribution in [-0.2, 0) is 6.54 Å². The second-order valence-electron chi connectivity index (χ2n) is 4.52. The molecule has 0 saturated carbocycles. The van der Waals surface area contributed by atoms with Crippen molar-refractivity contribution in [2.24, 2.45) is 11.5 Å². The highest BCUT2D eigenvalue weighted by Crippen LogP contribution is 2.05. The molecule has 0 aliphatic carbocycles. The Balaban J connectivity index is 2.36. The van der Waals surface area contributed by atoms with Gasteiger partial charge in [-0.3, -0.25) is 9.59 Å². The van der Waals surface area contributed by atoms with E-state index in [0.29, 0.717) is 12.1 Å². The second-order valence-corrected chi connectivity index (χ2v) is 4.52. The number of benzene rings is 1. The summed E-state index contributed by atoms with van der Waals surface area (Å²) >= 11 is 0. The first-order valence-corrected chi connectivity index (χ1v) is 6.12. The molecule has 1 heterocycles. The number of pyridine rings is 1. The molecule has 0 bridgehead atoms. The van der Waals surface area contributed by atoms with Crippen molar-refractivity contribution in [3.8, 4) is 6.07 Å². The number of carbonyl (C=O) groups excluding carboxylic acids is 2. The molecular weight excluding hydrogens is 268 g/mol. The first kappa shape index (κ1) is 14.2. The van der Waals surface area contributed by atoms with E-state index in [9.17, 15) is 9.59 Å². The van der Waals surface area contributed by atoms with Crippen LogP contribution in [0.5, 0.6) is 0 Å². The van der Waals surface area contributed by atoms with Gasteiger partial charge in [-0.1, -0.05) is 12.1 Å². The minimum absolute atomic E-state index is 0.208. The van der Waals surface area contributed by atoms with E-state index in [1.54, 1.807) is 41.2 Å². The number of carbonyl (C=O) groups is 2. The number of aromatic nitrogens is 1. The van der Waals surface area contributed by atoms with E-state index in [4.69, 9.17) is 16.7 Å². The molecule has 1 aromatic heterocycles. The SMILES string of the molecule is N#Cc1ccc(C[n+]2cc(C(N)=O)cc(C(N)=O)c2)cc1. The Kier molecular flexibility index (Phi) is 3.95. The molecular formula is C15H13N4O2+. The third-order valence-electron chi connectivity index (χ3n) is 2.94. The van der Waals surface area contributed by atoms with E-state index >= 15 is 0 Å². The van der Waals surface area contributed by atoms with Crippen LogP contribution in [0.1, 0.15) is 31.8 Å². The van der Waals surface area contributed by atoms with Crippen LogP contribution in [-0.4, -0.2) is 11.8 Å². The summed E-state index contributed by atoms with van der Waals surface area (Å²) in [5.41, 5.74) is 12.4. The van der Waals surface area contributed by atoms with E-state index in [-0.39, 0.29) is 11.1 Å². The van der Waals surface area contributed by atoms with Gasteiger partial charge in [-0.05, 0) is 18.2 Å². The highest BCUT2D eigenvalue weighted by Gasteiger charge is 2.15. The predicted molar refractivity (Wildman–Crippen MR) is 73.9 cm³/mol. The van der Waals surface area contributed by atoms with E-state index in [2.05, 4.69) is 0 Å². The van der Waals surface area contributed by atoms with Crippen molar-refractivity contribution in [2.75, 3.05) is 0 Å². The smallest absolute Gasteiger partial charge is 0.254 e. The number of nitriles is 1. The summed E-state index contributed by atoms with van der Waals surface area (Å²) in [6.45, 7) is 0.424. The quantitative estimate of drug-likeness (QED) is 0.774. The Morgan fingerprint density at radius 1 is 1.05 bits per heavy atom. The molecule has 0 unspecified atom stereocenters. The standard InChI is InChI=1S/C15H12N4O2/c16-6-10-1-3-11(4-2-10)7-19-8-12(14(17)20)5-13(9-19)15(18)21/h1-5,8-9H,7H2,(H3-,17,18,20,21)/p+1. The summed E-state index contributed by atoms with van der Waals surface area (Å²) in [4.78, 5) is 22.6. The Labute approximate surface area is 121 Å². The zero-order chi connectivity index (χ0) is 15.4. The lowest BCUT2D eigenvalue weighted by Crippen LogP contribution is -2.37. The molecule has 104 valence electrons. The molecule has 2 aromatic rings. The molecule has 2 rings (SSSR count). The van der Waals surface area contributed by atoms with Gasteiger partial charge >= 0.3 is 0 Å². The van der Waals surface area contributed by atoms with E-state index in [1.807, 2.05) is 6.07 Å². The van der Waals surface area contributed by atoms with Crippen molar-refractivity contribution in [2.45, 2.75) is 6.54 Å². The molecule has 21 heavy (non-hydrogen) atoms. The van der Waals surface area contributed by atoms with Gasteiger partial charge in [0.05, 0.1) is 11.6 Å². The van der Waals surface area contributed by atoms with Crippen LogP contribution in [0.4, 0.5) is 0 Å². The number of nitrogens with zero attached hydrogens (tertiary/aromatic N) is 2. The highest BCUT2D eigenvalue weighted by molar-refractivity contribution is 5.97. The Hall–Kier alpha value is -3.20. The van der Waals surface area contributed by atoms with Crippen LogP contribution in [0.15, 0.2) is 42.7 Å². The molecule has 0 fully saturated rings. The van der Waals surface area contributed by atoms with Crippen molar-refractivity contribution in [3.05, 3.63) is 65.0 Å². The second kappa shape index (κ2) is 5.84. The largest absolute Gasteiger partial charge is 0.365 e. The van der Waals surface area contributed by atoms with E-state index in [1.165, 1.54) is 6.07 Å². The van der Waals surface area contributed by atoms with Gasteiger partial charge in [-0.25, -0.2) is 0 Å². The summed E-state index contributed by atoms with van der Waals surface area (Å²) in [6.07, 6.45) is 3.10. The molecule has 0 aliphatic rings. The fourth-order valence-corrected chi connectivity index (χ4v) is 1.89. The van der Waals surface area contributed by atoms with Crippen LogP contribution in [0.3, 0.4) is 0 Å². The Morgan fingerprint density at radius 3 is 2.00 bits per heavy atom. The van der Waals surface area contributed by atoms with Crippen LogP contribution in [0, 0.1) is 11.3 Å². The molecule has 0 atom stereocenters. The molecule has 2 amide bonds. The molecule has 1 aromatic carbocycles. The maximum atomic E-state index is 11.3. The third kappa shape index (κ3) is 3.42. The van der Waals surface area contributed by atoms with Gasteiger partial charge in [0.2, 0.25) is 0 Å². The van der Waals surface area contributed by atoms with Crippen molar-refractivity contribution in [3.63, 3.8) is 0 Å². The van der Waals surface area contributed by atoms with Gasteiger partial charge in [-0.2, -0.15) is 9.83 Å². The van der Waals surface area contributed by atoms with Crippen LogP contribution in [0.25, 0.3) is 0 Å². The van der Waals surface area contributed by atoms with E-state index < -0.39 is 11.8 Å². The number of nitrogens with two attached hydrogens (primary N) is 2. The van der Waals surface area contributed by atoms with Crippen molar-refractivity contribution >= 4 is 11.8 Å². The first-order chi connectivity index (χ1) is 9.99. The topological polar surface area (TPSA) is 114 Å². The Morgan fingerprint density at radius 2 is 1.57 bits per heavy atom. The Bertz CT molecular complexity index is 713. The minimum atomic E-state index is -0.633. The van der Waals surface area contributed by atoms with Gasteiger partial charge in [-0.15, -0.1) is 0 Å². The van der Waals surface area contributed by atoms with Gasteiger partial charge in [0, 0.05) is 5.56 Å². The van der Waals surface area contributed by atoms with Crippen molar-refractivity contribution < 1.29 is 14.2 Å². The molecule has 0 radical (unpaired) electrons. The first-order valence-electron chi connectivity index (χ1n) is 6.12. The summed E-state index contributed by atoms with van der Waals surface area (Å²) in [6, 6.07) is 10.4. The lowest BCUT2D eigenvalue weighted by Gasteiger charge is -2.02. The van der Waals surface area contributed by atoms with Gasteiger partial charge in [0.15, 0.2) is 18.9 Å². The number of primary amides is 2. The summed E-state index contributed by atoms with van der Waals surface area (Å²) in [5, 5.41) is 8.76. The maximum Gasteiger partial charge on any atom is 0.254 e. The van der Waals surface area contributed by atoms with Crippen LogP contribution in [0.2, 0.25) is 0 Å². The number of hydrogen-bond acceptors (Lipinski definition) is 3. The zero-order valence-corrected chi connectivity index (χ0v) is 11.1. The average molecular weight is 281 g/mol. The van der Waals surface area contributed by atoms with Crippen LogP contribution >= 0.6 is 0 Å². The summed E-state index contributed by atoms with van der Waals surface area (Å²) < 4.78 is 1.65. The van der Waals surface area contributed by atoms with Crippen LogP contribution < -0.4 is 16.0 Å². The number of rotatable bonds is 4. The van der Waals surface area contributed by atoms with Gasteiger partial charge in [0.25, 0.3) is 11.8 Å². The molecule has 6 nitrogen and oxygen atoms in total. The molecule has 0 aliphatic heterocycles. The molecule has 6 heteroatoms. The third-order valence-corrected chi connectivity index (χ3v) is 2.94. The lowest BCUT2D eigenvalue weighted by molar-refractivity contribution is -0.688. The zero-order valence-electron chi connectivity index (χ0n) is 11.1. The number of amides is 2.